The van der Waals surface area contributed by atoms with Crippen LogP contribution < -0.4 is 0 Å². The molecule has 8 atom stereocenters. The summed E-state index contributed by atoms with van der Waals surface area (Å²) in [6, 6.07) is 0. The zero-order valence-electron chi connectivity index (χ0n) is 15.6. The van der Waals surface area contributed by atoms with Gasteiger partial charge in [-0.25, -0.2) is 4.79 Å². The van der Waals surface area contributed by atoms with Crippen molar-refractivity contribution in [2.45, 2.75) is 65.0 Å². The first-order valence-corrected chi connectivity index (χ1v) is 8.99. The summed E-state index contributed by atoms with van der Waals surface area (Å²) in [5.41, 5.74) is -0.643. The topological polar surface area (TPSA) is 99.1 Å². The molecule has 8 unspecified atom stereocenters. The first-order valence-electron chi connectivity index (χ1n) is 8.99. The summed E-state index contributed by atoms with van der Waals surface area (Å²) < 4.78 is 16.5. The minimum Gasteiger partial charge on any atom is -0.462 e. The van der Waals surface area contributed by atoms with Crippen LogP contribution in [0, 0.1) is 23.2 Å². The lowest BCUT2D eigenvalue weighted by molar-refractivity contribution is -0.162. The van der Waals surface area contributed by atoms with Crippen molar-refractivity contribution in [3.8, 4) is 0 Å². The van der Waals surface area contributed by atoms with Crippen molar-refractivity contribution in [2.24, 2.45) is 23.2 Å². The number of hydrogen-bond donors (Lipinski definition) is 1. The number of hydrogen-bond acceptors (Lipinski definition) is 7. The number of aliphatic hydroxyl groups excluding tert-OH is 1. The molecule has 0 spiro atoms. The van der Waals surface area contributed by atoms with E-state index in [1.54, 1.807) is 0 Å². The van der Waals surface area contributed by atoms with Crippen molar-refractivity contribution < 1.29 is 33.7 Å². The highest BCUT2D eigenvalue weighted by molar-refractivity contribution is 5.91. The van der Waals surface area contributed by atoms with Gasteiger partial charge in [-0.2, -0.15) is 0 Å². The van der Waals surface area contributed by atoms with Crippen molar-refractivity contribution in [3.05, 3.63) is 12.2 Å². The molecular formula is C19H26O7. The third-order valence-electron chi connectivity index (χ3n) is 6.40. The van der Waals surface area contributed by atoms with E-state index in [9.17, 15) is 19.5 Å². The van der Waals surface area contributed by atoms with Crippen LogP contribution in [0.3, 0.4) is 0 Å². The lowest BCUT2D eigenvalue weighted by atomic mass is 9.67. The maximum Gasteiger partial charge on any atom is 0.334 e. The number of aliphatic hydroxyl groups is 1. The Bertz CT molecular complexity index is 656. The molecule has 0 amide bonds. The minimum atomic E-state index is -1.01. The average molecular weight is 366 g/mol. The maximum atomic E-state index is 12.0. The van der Waals surface area contributed by atoms with Gasteiger partial charge in [-0.05, 0) is 12.3 Å². The molecule has 3 aliphatic rings. The Balaban J connectivity index is 2.06. The van der Waals surface area contributed by atoms with Crippen molar-refractivity contribution in [1.82, 2.24) is 0 Å². The number of ether oxygens (including phenoxy) is 3. The molecule has 0 aromatic rings. The third kappa shape index (κ3) is 2.73. The molecule has 26 heavy (non-hydrogen) atoms. The highest BCUT2D eigenvalue weighted by atomic mass is 16.6. The molecule has 0 bridgehead atoms. The number of rotatable bonds is 2. The average Bonchev–Trinajstić information content (AvgIpc) is 2.90. The minimum absolute atomic E-state index is 0.0201. The molecule has 0 aromatic carbocycles. The smallest absolute Gasteiger partial charge is 0.334 e. The summed E-state index contributed by atoms with van der Waals surface area (Å²) in [4.78, 5) is 35.2. The fourth-order valence-corrected chi connectivity index (χ4v) is 5.44. The van der Waals surface area contributed by atoms with Crippen LogP contribution in [0.25, 0.3) is 0 Å². The van der Waals surface area contributed by atoms with Crippen LogP contribution in [0.2, 0.25) is 0 Å². The highest BCUT2D eigenvalue weighted by Gasteiger charge is 2.66. The zero-order chi connectivity index (χ0) is 19.4. The summed E-state index contributed by atoms with van der Waals surface area (Å²) in [7, 11) is 0. The monoisotopic (exact) mass is 366 g/mol. The second kappa shape index (κ2) is 6.37. The van der Waals surface area contributed by atoms with Crippen molar-refractivity contribution in [3.63, 3.8) is 0 Å². The van der Waals surface area contributed by atoms with Gasteiger partial charge >= 0.3 is 17.9 Å². The van der Waals surface area contributed by atoms with E-state index in [1.807, 2.05) is 13.8 Å². The van der Waals surface area contributed by atoms with E-state index in [-0.39, 0.29) is 17.4 Å². The molecule has 1 N–H and O–H groups in total. The largest absolute Gasteiger partial charge is 0.462 e. The molecule has 7 nitrogen and oxygen atoms in total. The molecule has 1 aliphatic heterocycles. The van der Waals surface area contributed by atoms with Crippen LogP contribution in [0.15, 0.2) is 12.2 Å². The summed E-state index contributed by atoms with van der Waals surface area (Å²) >= 11 is 0. The first kappa shape index (κ1) is 18.9. The molecule has 1 saturated heterocycles. The molecule has 1 heterocycles. The molecule has 0 aromatic heterocycles. The first-order chi connectivity index (χ1) is 12.1. The van der Waals surface area contributed by atoms with Crippen molar-refractivity contribution in [2.75, 3.05) is 0 Å². The molecule has 3 rings (SSSR count). The Labute approximate surface area is 152 Å². The fourth-order valence-electron chi connectivity index (χ4n) is 5.44. The quantitative estimate of drug-likeness (QED) is 0.448. The van der Waals surface area contributed by atoms with Crippen LogP contribution >= 0.6 is 0 Å². The van der Waals surface area contributed by atoms with E-state index in [1.165, 1.54) is 13.8 Å². The summed E-state index contributed by atoms with van der Waals surface area (Å²) in [6.45, 7) is 10.3. The molecule has 0 radical (unpaired) electrons. The summed E-state index contributed by atoms with van der Waals surface area (Å²) in [5, 5.41) is 11.3. The fraction of sp³-hybridized carbons (Fsp3) is 0.737. The lowest BCUT2D eigenvalue weighted by Crippen LogP contribution is -2.50. The normalized spacial score (nSPS) is 44.6. The van der Waals surface area contributed by atoms with Crippen LogP contribution in [0.5, 0.6) is 0 Å². The third-order valence-corrected chi connectivity index (χ3v) is 6.40. The second-order valence-corrected chi connectivity index (χ2v) is 8.03. The molecule has 7 heteroatoms. The van der Waals surface area contributed by atoms with Crippen molar-refractivity contribution in [1.29, 1.82) is 0 Å². The van der Waals surface area contributed by atoms with E-state index in [0.717, 1.165) is 0 Å². The van der Waals surface area contributed by atoms with Gasteiger partial charge < -0.3 is 19.3 Å². The second-order valence-electron chi connectivity index (χ2n) is 8.03. The predicted molar refractivity (Wildman–Crippen MR) is 89.6 cm³/mol. The molecule has 2 aliphatic carbocycles. The highest BCUT2D eigenvalue weighted by Crippen LogP contribution is 2.58. The maximum absolute atomic E-state index is 12.0. The number of esters is 3. The Hall–Kier alpha value is -1.89. The van der Waals surface area contributed by atoms with Gasteiger partial charge in [-0.1, -0.05) is 20.4 Å². The van der Waals surface area contributed by atoms with Gasteiger partial charge in [-0.15, -0.1) is 0 Å². The molecule has 144 valence electrons. The van der Waals surface area contributed by atoms with E-state index in [0.29, 0.717) is 12.8 Å². The van der Waals surface area contributed by atoms with E-state index >= 15 is 0 Å². The SMILES string of the molecule is C=C1C(=O)OC2CC(C)C3C(OC(C)=O)CC(OC(C)=O)C3(C)C(O)C12. The Morgan fingerprint density at radius 2 is 1.85 bits per heavy atom. The molecular weight excluding hydrogens is 340 g/mol. The van der Waals surface area contributed by atoms with Crippen LogP contribution in [0.1, 0.15) is 40.5 Å². The van der Waals surface area contributed by atoms with Gasteiger partial charge in [0.1, 0.15) is 18.3 Å². The van der Waals surface area contributed by atoms with Crippen molar-refractivity contribution >= 4 is 17.9 Å². The Kier molecular flexibility index (Phi) is 4.63. The van der Waals surface area contributed by atoms with Gasteiger partial charge in [0.15, 0.2) is 0 Å². The zero-order valence-corrected chi connectivity index (χ0v) is 15.6. The van der Waals surface area contributed by atoms with Gasteiger partial charge in [0.2, 0.25) is 0 Å². The molecule has 2 saturated carbocycles. The van der Waals surface area contributed by atoms with Crippen LogP contribution in [-0.4, -0.2) is 47.4 Å². The van der Waals surface area contributed by atoms with Gasteiger partial charge in [0.05, 0.1) is 12.0 Å². The number of fused-ring (bicyclic) bond motifs is 2. The standard InChI is InChI=1S/C19H26O7/c1-8-6-12-15(9(2)18(23)26-12)17(22)19(5)14(25-11(4)21)7-13(16(8)19)24-10(3)20/h8,12-17,22H,2,6-7H2,1,3-5H3. The van der Waals surface area contributed by atoms with Crippen LogP contribution in [0.4, 0.5) is 0 Å². The number of carbonyl (C=O) groups is 3. The van der Waals surface area contributed by atoms with Crippen LogP contribution in [-0.2, 0) is 28.6 Å². The number of carbonyl (C=O) groups excluding carboxylic acids is 3. The Morgan fingerprint density at radius 3 is 2.42 bits per heavy atom. The van der Waals surface area contributed by atoms with Gasteiger partial charge in [0.25, 0.3) is 0 Å². The lowest BCUT2D eigenvalue weighted by Gasteiger charge is -2.42. The Morgan fingerprint density at radius 1 is 1.23 bits per heavy atom. The summed E-state index contributed by atoms with van der Waals surface area (Å²) in [6.07, 6.45) is -1.74. The van der Waals surface area contributed by atoms with Gasteiger partial charge in [-0.3, -0.25) is 9.59 Å². The van der Waals surface area contributed by atoms with E-state index in [4.69, 9.17) is 14.2 Å². The predicted octanol–water partition coefficient (Wildman–Crippen LogP) is 1.37. The van der Waals surface area contributed by atoms with E-state index in [2.05, 4.69) is 6.58 Å². The molecule has 3 fully saturated rings. The van der Waals surface area contributed by atoms with Gasteiger partial charge in [0, 0.05) is 37.2 Å². The summed E-state index contributed by atoms with van der Waals surface area (Å²) in [5.74, 6) is -2.18. The van der Waals surface area contributed by atoms with E-state index < -0.39 is 53.7 Å².